The second-order valence-corrected chi connectivity index (χ2v) is 6.76. The number of benzene rings is 1. The molecule has 1 aromatic carbocycles. The maximum absolute atomic E-state index is 13.6. The zero-order valence-corrected chi connectivity index (χ0v) is 14.1. The number of carbonyl (C=O) groups is 2. The smallest absolute Gasteiger partial charge is 0.251 e. The number of rotatable bonds is 4. The summed E-state index contributed by atoms with van der Waals surface area (Å²) in [4.78, 5) is 23.5. The number of carbonyl (C=O) groups excluding carboxylic acids is 2. The summed E-state index contributed by atoms with van der Waals surface area (Å²) in [6.45, 7) is 7.38. The van der Waals surface area contributed by atoms with Gasteiger partial charge in [0.1, 0.15) is 5.82 Å². The third kappa shape index (κ3) is 3.08. The summed E-state index contributed by atoms with van der Waals surface area (Å²) in [6.07, 6.45) is 0.710. The molecule has 0 radical (unpaired) electrons. The molecule has 6 heteroatoms. The van der Waals surface area contributed by atoms with Crippen molar-refractivity contribution in [3.63, 3.8) is 0 Å². The van der Waals surface area contributed by atoms with Crippen LogP contribution < -0.4 is 10.6 Å². The quantitative estimate of drug-likeness (QED) is 0.895. The lowest BCUT2D eigenvalue weighted by Gasteiger charge is -2.59. The summed E-state index contributed by atoms with van der Waals surface area (Å²) in [5, 5.41) is 5.33. The van der Waals surface area contributed by atoms with Crippen molar-refractivity contribution >= 4 is 17.5 Å². The molecule has 0 aliphatic heterocycles. The molecule has 0 saturated heterocycles. The van der Waals surface area contributed by atoms with Gasteiger partial charge in [0.2, 0.25) is 5.91 Å². The summed E-state index contributed by atoms with van der Waals surface area (Å²) in [5.74, 6) is -1.27. The van der Waals surface area contributed by atoms with Crippen LogP contribution in [0.5, 0.6) is 0 Å². The Labute approximate surface area is 135 Å². The topological polar surface area (TPSA) is 67.4 Å². The van der Waals surface area contributed by atoms with Gasteiger partial charge in [-0.3, -0.25) is 9.59 Å². The van der Waals surface area contributed by atoms with E-state index >= 15 is 0 Å². The molecule has 0 heterocycles. The summed E-state index contributed by atoms with van der Waals surface area (Å²) in [6, 6.07) is 3.88. The molecule has 1 fully saturated rings. The number of amides is 2. The molecular weight excluding hydrogens is 299 g/mol. The third-order valence-corrected chi connectivity index (χ3v) is 5.12. The molecule has 0 aromatic heterocycles. The highest BCUT2D eigenvalue weighted by Gasteiger charge is 2.58. The van der Waals surface area contributed by atoms with Crippen LogP contribution in [0.4, 0.5) is 10.1 Å². The Morgan fingerprint density at radius 2 is 1.96 bits per heavy atom. The van der Waals surface area contributed by atoms with Crippen molar-refractivity contribution in [2.75, 3.05) is 12.4 Å². The van der Waals surface area contributed by atoms with Gasteiger partial charge in [-0.05, 0) is 31.5 Å². The van der Waals surface area contributed by atoms with E-state index in [1.807, 2.05) is 20.8 Å². The SMILES string of the molecule is CO[C@@]1(C)C[C@@H](NC(=O)c2ccc(F)c(NC(C)=O)c2)C1(C)C. The molecule has 2 rings (SSSR count). The van der Waals surface area contributed by atoms with Gasteiger partial charge in [0, 0.05) is 31.1 Å². The second-order valence-electron chi connectivity index (χ2n) is 6.76. The van der Waals surface area contributed by atoms with Gasteiger partial charge < -0.3 is 15.4 Å². The van der Waals surface area contributed by atoms with E-state index in [4.69, 9.17) is 4.74 Å². The predicted octanol–water partition coefficient (Wildman–Crippen LogP) is 2.72. The van der Waals surface area contributed by atoms with Crippen molar-refractivity contribution in [1.29, 1.82) is 0 Å². The highest BCUT2D eigenvalue weighted by Crippen LogP contribution is 2.51. The standard InChI is InChI=1S/C17H23FN2O3/c1-10(21)19-13-8-11(6-7-12(13)18)15(22)20-14-9-17(4,23-5)16(14,2)3/h6-8,14H,9H2,1-5H3,(H,19,21)(H,20,22)/t14-,17+/m1/s1. The van der Waals surface area contributed by atoms with Gasteiger partial charge in [-0.1, -0.05) is 13.8 Å². The number of hydrogen-bond donors (Lipinski definition) is 2. The zero-order valence-electron chi connectivity index (χ0n) is 14.1. The highest BCUT2D eigenvalue weighted by atomic mass is 19.1. The number of anilines is 1. The average molecular weight is 322 g/mol. The fraction of sp³-hybridized carbons (Fsp3) is 0.529. The van der Waals surface area contributed by atoms with Crippen LogP contribution in [0.1, 0.15) is 44.5 Å². The average Bonchev–Trinajstić information content (AvgIpc) is 2.48. The first-order chi connectivity index (χ1) is 10.6. The Kier molecular flexibility index (Phi) is 4.48. The van der Waals surface area contributed by atoms with E-state index in [2.05, 4.69) is 10.6 Å². The summed E-state index contributed by atoms with van der Waals surface area (Å²) in [7, 11) is 1.67. The zero-order chi connectivity index (χ0) is 17.4. The highest BCUT2D eigenvalue weighted by molar-refractivity contribution is 5.97. The van der Waals surface area contributed by atoms with Crippen LogP contribution in [0.3, 0.4) is 0 Å². The van der Waals surface area contributed by atoms with Crippen molar-refractivity contribution in [2.45, 2.75) is 45.8 Å². The van der Waals surface area contributed by atoms with E-state index < -0.39 is 11.7 Å². The lowest BCUT2D eigenvalue weighted by molar-refractivity contribution is -0.177. The van der Waals surface area contributed by atoms with Crippen molar-refractivity contribution in [1.82, 2.24) is 5.32 Å². The van der Waals surface area contributed by atoms with Crippen LogP contribution >= 0.6 is 0 Å². The van der Waals surface area contributed by atoms with E-state index in [0.717, 1.165) is 0 Å². The Morgan fingerprint density at radius 3 is 2.48 bits per heavy atom. The summed E-state index contributed by atoms with van der Waals surface area (Å²) < 4.78 is 19.2. The summed E-state index contributed by atoms with van der Waals surface area (Å²) >= 11 is 0. The Balaban J connectivity index is 2.12. The number of ether oxygens (including phenoxy) is 1. The molecule has 23 heavy (non-hydrogen) atoms. The van der Waals surface area contributed by atoms with Crippen molar-refractivity contribution in [3.05, 3.63) is 29.6 Å². The molecule has 1 aliphatic carbocycles. The van der Waals surface area contributed by atoms with Gasteiger partial charge in [-0.25, -0.2) is 4.39 Å². The normalized spacial score (nSPS) is 25.4. The first-order valence-corrected chi connectivity index (χ1v) is 7.54. The molecule has 0 unspecified atom stereocenters. The molecule has 2 amide bonds. The van der Waals surface area contributed by atoms with Gasteiger partial charge in [-0.2, -0.15) is 0 Å². The van der Waals surface area contributed by atoms with Crippen LogP contribution in [0.2, 0.25) is 0 Å². The first kappa shape index (κ1) is 17.4. The first-order valence-electron chi connectivity index (χ1n) is 7.54. The molecule has 126 valence electrons. The maximum atomic E-state index is 13.6. The number of methoxy groups -OCH3 is 1. The summed E-state index contributed by atoms with van der Waals surface area (Å²) in [5.41, 5.74) is -0.191. The molecule has 1 aliphatic rings. The largest absolute Gasteiger partial charge is 0.378 e. The molecular formula is C17H23FN2O3. The van der Waals surface area contributed by atoms with E-state index in [1.165, 1.54) is 25.1 Å². The minimum atomic E-state index is -0.576. The van der Waals surface area contributed by atoms with Gasteiger partial charge >= 0.3 is 0 Å². The Morgan fingerprint density at radius 1 is 1.30 bits per heavy atom. The molecule has 2 N–H and O–H groups in total. The minimum absolute atomic E-state index is 0.000232. The van der Waals surface area contributed by atoms with Gasteiger partial charge in [0.25, 0.3) is 5.91 Å². The second kappa shape index (κ2) is 5.92. The van der Waals surface area contributed by atoms with Crippen LogP contribution in [0, 0.1) is 11.2 Å². The third-order valence-electron chi connectivity index (χ3n) is 5.12. The Hall–Kier alpha value is -1.95. The fourth-order valence-electron chi connectivity index (χ4n) is 2.92. The van der Waals surface area contributed by atoms with Gasteiger partial charge in [0.05, 0.1) is 11.3 Å². The lowest BCUT2D eigenvalue weighted by Crippen LogP contribution is -2.68. The van der Waals surface area contributed by atoms with Crippen LogP contribution in [0.15, 0.2) is 18.2 Å². The van der Waals surface area contributed by atoms with Gasteiger partial charge in [-0.15, -0.1) is 0 Å². The molecule has 5 nitrogen and oxygen atoms in total. The number of halogens is 1. The predicted molar refractivity (Wildman–Crippen MR) is 85.8 cm³/mol. The molecule has 0 bridgehead atoms. The monoisotopic (exact) mass is 322 g/mol. The van der Waals surface area contributed by atoms with Crippen LogP contribution in [0.25, 0.3) is 0 Å². The van der Waals surface area contributed by atoms with Crippen molar-refractivity contribution in [2.24, 2.45) is 5.41 Å². The van der Waals surface area contributed by atoms with E-state index in [-0.39, 0.29) is 28.7 Å². The number of hydrogen-bond acceptors (Lipinski definition) is 3. The lowest BCUT2D eigenvalue weighted by atomic mass is 9.56. The van der Waals surface area contributed by atoms with Crippen LogP contribution in [-0.2, 0) is 9.53 Å². The molecule has 1 aromatic rings. The molecule has 1 saturated carbocycles. The molecule has 2 atom stereocenters. The Bertz CT molecular complexity index is 645. The van der Waals surface area contributed by atoms with E-state index in [9.17, 15) is 14.0 Å². The maximum Gasteiger partial charge on any atom is 0.251 e. The van der Waals surface area contributed by atoms with Crippen molar-refractivity contribution < 1.29 is 18.7 Å². The number of nitrogens with one attached hydrogen (secondary N) is 2. The van der Waals surface area contributed by atoms with Gasteiger partial charge in [0.15, 0.2) is 0 Å². The van der Waals surface area contributed by atoms with E-state index in [1.54, 1.807) is 7.11 Å². The van der Waals surface area contributed by atoms with E-state index in [0.29, 0.717) is 12.0 Å². The fourth-order valence-corrected chi connectivity index (χ4v) is 2.92. The molecule has 0 spiro atoms. The van der Waals surface area contributed by atoms with Crippen LogP contribution in [-0.4, -0.2) is 30.6 Å². The minimum Gasteiger partial charge on any atom is -0.378 e. The van der Waals surface area contributed by atoms with Crippen molar-refractivity contribution in [3.8, 4) is 0 Å².